The molecule has 0 fully saturated rings. The van der Waals surface area contributed by atoms with Gasteiger partial charge in [0.1, 0.15) is 17.3 Å². The molecule has 1 amide bonds. The Kier molecular flexibility index (Phi) is 4.50. The zero-order chi connectivity index (χ0) is 18.8. The fourth-order valence-corrected chi connectivity index (χ4v) is 3.49. The summed E-state index contributed by atoms with van der Waals surface area (Å²) in [4.78, 5) is 19.5. The Morgan fingerprint density at radius 2 is 1.93 bits per heavy atom. The largest absolute Gasteiger partial charge is 0.497 e. The van der Waals surface area contributed by atoms with Crippen molar-refractivity contribution in [3.63, 3.8) is 0 Å². The molecule has 0 saturated carbocycles. The summed E-state index contributed by atoms with van der Waals surface area (Å²) in [6, 6.07) is 21.4. The number of carbonyl (C=O) groups excluding carboxylic acids is 1. The maximum Gasteiger partial charge on any atom is 0.274 e. The lowest BCUT2D eigenvalue weighted by atomic mass is 10.1. The normalized spacial score (nSPS) is 15.3. The highest BCUT2D eigenvalue weighted by Crippen LogP contribution is 2.37. The zero-order valence-electron chi connectivity index (χ0n) is 15.3. The van der Waals surface area contributed by atoms with Gasteiger partial charge in [0.2, 0.25) is 0 Å². The van der Waals surface area contributed by atoms with E-state index >= 15 is 0 Å². The van der Waals surface area contributed by atoms with Crippen LogP contribution >= 0.6 is 0 Å². The number of pyridine rings is 1. The van der Waals surface area contributed by atoms with Crippen molar-refractivity contribution in [2.45, 2.75) is 19.4 Å². The van der Waals surface area contributed by atoms with Crippen LogP contribution in [-0.2, 0) is 6.42 Å². The monoisotopic (exact) mass is 359 g/mol. The van der Waals surface area contributed by atoms with Gasteiger partial charge in [-0.3, -0.25) is 4.79 Å². The number of ether oxygens (including phenoxy) is 1. The number of nitrogens with one attached hydrogen (secondary N) is 1. The molecule has 2 heterocycles. The van der Waals surface area contributed by atoms with Gasteiger partial charge in [0.05, 0.1) is 7.11 Å². The predicted octanol–water partition coefficient (Wildman–Crippen LogP) is 4.43. The summed E-state index contributed by atoms with van der Waals surface area (Å²) in [6.07, 6.45) is 0.970. The fraction of sp³-hybridized carbons (Fsp3) is 0.182. The fourth-order valence-electron chi connectivity index (χ4n) is 3.49. The Bertz CT molecular complexity index is 987. The molecule has 1 aromatic heterocycles. The van der Waals surface area contributed by atoms with Gasteiger partial charge in [0.25, 0.3) is 5.91 Å². The molecule has 0 saturated heterocycles. The lowest BCUT2D eigenvalue weighted by Gasteiger charge is -2.24. The lowest BCUT2D eigenvalue weighted by molar-refractivity contribution is 0.102. The summed E-state index contributed by atoms with van der Waals surface area (Å²) in [5.41, 5.74) is 3.51. The number of para-hydroxylation sites is 1. The van der Waals surface area contributed by atoms with Crippen LogP contribution in [-0.4, -0.2) is 24.0 Å². The first-order chi connectivity index (χ1) is 13.2. The van der Waals surface area contributed by atoms with E-state index in [1.165, 1.54) is 5.56 Å². The van der Waals surface area contributed by atoms with Crippen molar-refractivity contribution in [1.82, 2.24) is 4.98 Å². The van der Waals surface area contributed by atoms with Crippen LogP contribution in [0.15, 0.2) is 66.7 Å². The Hall–Kier alpha value is -3.34. The van der Waals surface area contributed by atoms with E-state index in [0.717, 1.165) is 17.9 Å². The van der Waals surface area contributed by atoms with Crippen LogP contribution in [0.4, 0.5) is 17.2 Å². The lowest BCUT2D eigenvalue weighted by Crippen LogP contribution is -2.25. The summed E-state index contributed by atoms with van der Waals surface area (Å²) < 4.78 is 5.20. The van der Waals surface area contributed by atoms with Gasteiger partial charge in [-0.2, -0.15) is 0 Å². The Balaban J connectivity index is 1.60. The molecule has 0 radical (unpaired) electrons. The zero-order valence-corrected chi connectivity index (χ0v) is 15.3. The molecule has 3 aromatic rings. The molecular weight excluding hydrogens is 338 g/mol. The summed E-state index contributed by atoms with van der Waals surface area (Å²) in [5.74, 6) is 1.23. The molecule has 1 N–H and O–H groups in total. The highest BCUT2D eigenvalue weighted by Gasteiger charge is 2.28. The van der Waals surface area contributed by atoms with E-state index in [1.54, 1.807) is 19.2 Å². The second-order valence-corrected chi connectivity index (χ2v) is 6.62. The van der Waals surface area contributed by atoms with Crippen molar-refractivity contribution < 1.29 is 9.53 Å². The number of benzene rings is 2. The third-order valence-corrected chi connectivity index (χ3v) is 4.75. The molecule has 0 bridgehead atoms. The maximum atomic E-state index is 12.7. The molecular formula is C22H21N3O2. The number of amides is 1. The molecule has 27 heavy (non-hydrogen) atoms. The number of nitrogens with zero attached hydrogens (tertiary/aromatic N) is 2. The third kappa shape index (κ3) is 3.36. The van der Waals surface area contributed by atoms with Crippen LogP contribution in [0.2, 0.25) is 0 Å². The Morgan fingerprint density at radius 3 is 2.78 bits per heavy atom. The topological polar surface area (TPSA) is 54.5 Å². The minimum atomic E-state index is -0.245. The highest BCUT2D eigenvalue weighted by molar-refractivity contribution is 6.03. The quantitative estimate of drug-likeness (QED) is 0.749. The van der Waals surface area contributed by atoms with E-state index in [1.807, 2.05) is 36.4 Å². The number of aromatic nitrogens is 1. The minimum absolute atomic E-state index is 0.245. The number of anilines is 3. The number of fused-ring (bicyclic) bond motifs is 1. The van der Waals surface area contributed by atoms with Gasteiger partial charge < -0.3 is 15.0 Å². The number of methoxy groups -OCH3 is 1. The first-order valence-electron chi connectivity index (χ1n) is 8.95. The van der Waals surface area contributed by atoms with Crippen LogP contribution in [0, 0.1) is 0 Å². The second kappa shape index (κ2) is 7.11. The van der Waals surface area contributed by atoms with E-state index in [9.17, 15) is 4.79 Å². The first-order valence-corrected chi connectivity index (χ1v) is 8.95. The summed E-state index contributed by atoms with van der Waals surface area (Å²) in [5, 5.41) is 2.88. The van der Waals surface area contributed by atoms with Gasteiger partial charge in [0, 0.05) is 23.5 Å². The van der Waals surface area contributed by atoms with Gasteiger partial charge in [-0.1, -0.05) is 30.3 Å². The molecule has 0 spiro atoms. The average Bonchev–Trinajstić information content (AvgIpc) is 3.04. The molecule has 1 atom stereocenters. The van der Waals surface area contributed by atoms with E-state index in [-0.39, 0.29) is 5.91 Å². The molecule has 1 aliphatic heterocycles. The Labute approximate surface area is 158 Å². The van der Waals surface area contributed by atoms with Crippen molar-refractivity contribution in [2.75, 3.05) is 17.3 Å². The molecule has 136 valence electrons. The minimum Gasteiger partial charge on any atom is -0.497 e. The van der Waals surface area contributed by atoms with Crippen molar-refractivity contribution in [2.24, 2.45) is 0 Å². The average molecular weight is 359 g/mol. The van der Waals surface area contributed by atoms with Crippen molar-refractivity contribution in [3.05, 3.63) is 78.0 Å². The number of carbonyl (C=O) groups is 1. The standard InChI is InChI=1S/C22H21N3O2/c1-15-13-16-7-3-4-11-20(16)25(15)21-12-6-10-19(24-21)22(26)23-17-8-5-9-18(14-17)27-2/h3-12,14-15H,13H2,1-2H3,(H,23,26). The molecule has 1 aliphatic rings. The molecule has 2 aromatic carbocycles. The van der Waals surface area contributed by atoms with Gasteiger partial charge in [-0.05, 0) is 49.2 Å². The van der Waals surface area contributed by atoms with Crippen molar-refractivity contribution >= 4 is 23.1 Å². The number of hydrogen-bond acceptors (Lipinski definition) is 4. The van der Waals surface area contributed by atoms with Gasteiger partial charge >= 0.3 is 0 Å². The van der Waals surface area contributed by atoms with Crippen LogP contribution in [0.25, 0.3) is 0 Å². The van der Waals surface area contributed by atoms with Crippen LogP contribution in [0.1, 0.15) is 23.0 Å². The maximum absolute atomic E-state index is 12.7. The summed E-state index contributed by atoms with van der Waals surface area (Å²) in [7, 11) is 1.60. The molecule has 0 aliphatic carbocycles. The number of rotatable bonds is 4. The van der Waals surface area contributed by atoms with Gasteiger partial charge in [-0.15, -0.1) is 0 Å². The van der Waals surface area contributed by atoms with Crippen LogP contribution < -0.4 is 15.0 Å². The van der Waals surface area contributed by atoms with E-state index in [4.69, 9.17) is 4.74 Å². The van der Waals surface area contributed by atoms with Crippen molar-refractivity contribution in [1.29, 1.82) is 0 Å². The Morgan fingerprint density at radius 1 is 1.11 bits per heavy atom. The van der Waals surface area contributed by atoms with Crippen LogP contribution in [0.5, 0.6) is 5.75 Å². The molecule has 4 rings (SSSR count). The molecule has 5 heteroatoms. The van der Waals surface area contributed by atoms with E-state index < -0.39 is 0 Å². The van der Waals surface area contributed by atoms with Crippen molar-refractivity contribution in [3.8, 4) is 5.75 Å². The number of hydrogen-bond donors (Lipinski definition) is 1. The predicted molar refractivity (Wildman–Crippen MR) is 107 cm³/mol. The van der Waals surface area contributed by atoms with Crippen LogP contribution in [0.3, 0.4) is 0 Å². The van der Waals surface area contributed by atoms with Gasteiger partial charge in [0.15, 0.2) is 0 Å². The SMILES string of the molecule is COc1cccc(NC(=O)c2cccc(N3c4ccccc4CC3C)n2)c1. The molecule has 1 unspecified atom stereocenters. The highest BCUT2D eigenvalue weighted by atomic mass is 16.5. The summed E-state index contributed by atoms with van der Waals surface area (Å²) >= 11 is 0. The summed E-state index contributed by atoms with van der Waals surface area (Å²) in [6.45, 7) is 2.17. The smallest absolute Gasteiger partial charge is 0.274 e. The van der Waals surface area contributed by atoms with Gasteiger partial charge in [-0.25, -0.2) is 4.98 Å². The first kappa shape index (κ1) is 17.1. The third-order valence-electron chi connectivity index (χ3n) is 4.75. The second-order valence-electron chi connectivity index (χ2n) is 6.62. The van der Waals surface area contributed by atoms with E-state index in [0.29, 0.717) is 23.2 Å². The van der Waals surface area contributed by atoms with E-state index in [2.05, 4.69) is 40.3 Å². The molecule has 5 nitrogen and oxygen atoms in total.